The molecule has 3 heterocycles. The zero-order chi connectivity index (χ0) is 19.6. The van der Waals surface area contributed by atoms with Gasteiger partial charge >= 0.3 is 0 Å². The van der Waals surface area contributed by atoms with Crippen LogP contribution in [-0.2, 0) is 0 Å². The summed E-state index contributed by atoms with van der Waals surface area (Å²) in [7, 11) is 0. The summed E-state index contributed by atoms with van der Waals surface area (Å²) >= 11 is 0. The third-order valence-electron chi connectivity index (χ3n) is 5.32. The largest absolute Gasteiger partial charge is 0.508 e. The minimum atomic E-state index is 0.295. The van der Waals surface area contributed by atoms with Crippen molar-refractivity contribution >= 4 is 22.4 Å². The Morgan fingerprint density at radius 3 is 2.17 bits per heavy atom. The summed E-state index contributed by atoms with van der Waals surface area (Å²) in [5.41, 5.74) is 3.05. The normalized spacial score (nSPS) is 14.3. The molecule has 2 aromatic heterocycles. The van der Waals surface area contributed by atoms with Crippen molar-refractivity contribution in [3.05, 3.63) is 73.1 Å². The van der Waals surface area contributed by atoms with Crippen LogP contribution in [0.4, 0.5) is 11.5 Å². The fraction of sp³-hybridized carbons (Fsp3) is 0.174. The van der Waals surface area contributed by atoms with Gasteiger partial charge < -0.3 is 14.9 Å². The van der Waals surface area contributed by atoms with Gasteiger partial charge in [0.05, 0.1) is 5.52 Å². The molecule has 1 aliphatic heterocycles. The number of piperazine rings is 1. The van der Waals surface area contributed by atoms with Crippen LogP contribution in [0.3, 0.4) is 0 Å². The van der Waals surface area contributed by atoms with Crippen molar-refractivity contribution in [1.29, 1.82) is 0 Å². The van der Waals surface area contributed by atoms with Gasteiger partial charge in [-0.1, -0.05) is 12.1 Å². The molecule has 6 heteroatoms. The molecule has 144 valence electrons. The van der Waals surface area contributed by atoms with Gasteiger partial charge in [-0.25, -0.2) is 9.97 Å². The molecule has 0 amide bonds. The van der Waals surface area contributed by atoms with E-state index in [1.165, 1.54) is 0 Å². The van der Waals surface area contributed by atoms with Crippen LogP contribution in [0.5, 0.6) is 5.75 Å². The first-order valence-electron chi connectivity index (χ1n) is 9.74. The SMILES string of the molecule is Oc1ccc(N2CCN(c3nc(-c4ccncc4)nc4ccccc34)CC2)cc1. The van der Waals surface area contributed by atoms with Crippen molar-refractivity contribution < 1.29 is 5.11 Å². The van der Waals surface area contributed by atoms with E-state index in [1.807, 2.05) is 42.5 Å². The molecular formula is C23H21N5O. The van der Waals surface area contributed by atoms with Crippen LogP contribution in [0.2, 0.25) is 0 Å². The summed E-state index contributed by atoms with van der Waals surface area (Å²) in [6, 6.07) is 19.5. The molecule has 5 rings (SSSR count). The van der Waals surface area contributed by atoms with E-state index in [9.17, 15) is 5.11 Å². The monoisotopic (exact) mass is 383 g/mol. The lowest BCUT2D eigenvalue weighted by atomic mass is 10.1. The van der Waals surface area contributed by atoms with Gasteiger partial charge in [-0.2, -0.15) is 0 Å². The number of nitrogens with zero attached hydrogens (tertiary/aromatic N) is 5. The van der Waals surface area contributed by atoms with E-state index in [4.69, 9.17) is 9.97 Å². The summed E-state index contributed by atoms with van der Waals surface area (Å²) in [5.74, 6) is 2.00. The highest BCUT2D eigenvalue weighted by atomic mass is 16.3. The maximum atomic E-state index is 9.52. The predicted octanol–water partition coefficient (Wildman–Crippen LogP) is 3.72. The fourth-order valence-corrected chi connectivity index (χ4v) is 3.77. The smallest absolute Gasteiger partial charge is 0.162 e. The third kappa shape index (κ3) is 3.45. The van der Waals surface area contributed by atoms with E-state index in [0.29, 0.717) is 5.75 Å². The highest BCUT2D eigenvalue weighted by Crippen LogP contribution is 2.29. The van der Waals surface area contributed by atoms with E-state index in [2.05, 4.69) is 20.9 Å². The summed E-state index contributed by atoms with van der Waals surface area (Å²) in [4.78, 5) is 18.5. The van der Waals surface area contributed by atoms with Crippen molar-refractivity contribution in [2.75, 3.05) is 36.0 Å². The summed E-state index contributed by atoms with van der Waals surface area (Å²) < 4.78 is 0. The molecule has 0 radical (unpaired) electrons. The topological polar surface area (TPSA) is 65.4 Å². The lowest BCUT2D eigenvalue weighted by molar-refractivity contribution is 0.475. The molecule has 0 unspecified atom stereocenters. The van der Waals surface area contributed by atoms with Crippen molar-refractivity contribution in [3.63, 3.8) is 0 Å². The molecule has 1 fully saturated rings. The maximum Gasteiger partial charge on any atom is 0.162 e. The first kappa shape index (κ1) is 17.4. The summed E-state index contributed by atoms with van der Waals surface area (Å²) in [5, 5.41) is 10.6. The van der Waals surface area contributed by atoms with Crippen molar-refractivity contribution in [1.82, 2.24) is 15.0 Å². The van der Waals surface area contributed by atoms with Crippen LogP contribution >= 0.6 is 0 Å². The number of fused-ring (bicyclic) bond motifs is 1. The molecule has 1 saturated heterocycles. The molecule has 2 aromatic carbocycles. The third-order valence-corrected chi connectivity index (χ3v) is 5.32. The van der Waals surface area contributed by atoms with Crippen LogP contribution in [0.15, 0.2) is 73.1 Å². The summed E-state index contributed by atoms with van der Waals surface area (Å²) in [6.07, 6.45) is 3.54. The second kappa shape index (κ2) is 7.39. The Balaban J connectivity index is 1.46. The molecule has 0 aliphatic carbocycles. The molecule has 6 nitrogen and oxygen atoms in total. The van der Waals surface area contributed by atoms with Crippen LogP contribution in [0, 0.1) is 0 Å². The number of benzene rings is 2. The van der Waals surface area contributed by atoms with Crippen LogP contribution < -0.4 is 9.80 Å². The quantitative estimate of drug-likeness (QED) is 0.582. The second-order valence-corrected chi connectivity index (χ2v) is 7.11. The van der Waals surface area contributed by atoms with E-state index >= 15 is 0 Å². The Kier molecular flexibility index (Phi) is 4.44. The predicted molar refractivity (Wildman–Crippen MR) is 115 cm³/mol. The molecule has 0 bridgehead atoms. The van der Waals surface area contributed by atoms with Gasteiger partial charge in [-0.05, 0) is 48.5 Å². The van der Waals surface area contributed by atoms with Gasteiger partial charge in [0.2, 0.25) is 0 Å². The second-order valence-electron chi connectivity index (χ2n) is 7.11. The van der Waals surface area contributed by atoms with Gasteiger partial charge in [0.1, 0.15) is 11.6 Å². The lowest BCUT2D eigenvalue weighted by Crippen LogP contribution is -2.47. The highest BCUT2D eigenvalue weighted by molar-refractivity contribution is 5.91. The minimum absolute atomic E-state index is 0.295. The number of aromatic nitrogens is 3. The Morgan fingerprint density at radius 1 is 0.724 bits per heavy atom. The number of rotatable bonds is 3. The minimum Gasteiger partial charge on any atom is -0.508 e. The Bertz CT molecular complexity index is 1120. The number of phenolic OH excluding ortho intramolecular Hbond substituents is 1. The van der Waals surface area contributed by atoms with Gasteiger partial charge in [0.15, 0.2) is 5.82 Å². The van der Waals surface area contributed by atoms with E-state index in [0.717, 1.165) is 60.0 Å². The van der Waals surface area contributed by atoms with Gasteiger partial charge in [0, 0.05) is 55.2 Å². The first-order valence-corrected chi connectivity index (χ1v) is 9.74. The average Bonchev–Trinajstić information content (AvgIpc) is 2.80. The number of pyridine rings is 1. The molecule has 0 spiro atoms. The van der Waals surface area contributed by atoms with Gasteiger partial charge in [-0.3, -0.25) is 4.98 Å². The Hall–Kier alpha value is -3.67. The molecule has 29 heavy (non-hydrogen) atoms. The van der Waals surface area contributed by atoms with E-state index in [-0.39, 0.29) is 0 Å². The number of hydrogen-bond acceptors (Lipinski definition) is 6. The number of para-hydroxylation sites is 1. The zero-order valence-corrected chi connectivity index (χ0v) is 15.9. The lowest BCUT2D eigenvalue weighted by Gasteiger charge is -2.37. The van der Waals surface area contributed by atoms with E-state index < -0.39 is 0 Å². The number of anilines is 2. The molecular weight excluding hydrogens is 362 g/mol. The van der Waals surface area contributed by atoms with Crippen molar-refractivity contribution in [3.8, 4) is 17.1 Å². The number of aromatic hydroxyl groups is 1. The molecule has 0 atom stereocenters. The number of phenols is 1. The van der Waals surface area contributed by atoms with E-state index in [1.54, 1.807) is 24.5 Å². The maximum absolute atomic E-state index is 9.52. The van der Waals surface area contributed by atoms with Crippen molar-refractivity contribution in [2.45, 2.75) is 0 Å². The first-order chi connectivity index (χ1) is 14.3. The standard InChI is InChI=1S/C23H21N5O/c29-19-7-5-18(6-8-19)27-13-15-28(16-14-27)23-20-3-1-2-4-21(20)25-22(26-23)17-9-11-24-12-10-17/h1-12,29H,13-16H2. The molecule has 1 N–H and O–H groups in total. The fourth-order valence-electron chi connectivity index (χ4n) is 3.77. The van der Waals surface area contributed by atoms with Gasteiger partial charge in [-0.15, -0.1) is 0 Å². The number of hydrogen-bond donors (Lipinski definition) is 1. The molecule has 4 aromatic rings. The Labute approximate surface area is 169 Å². The highest BCUT2D eigenvalue weighted by Gasteiger charge is 2.21. The van der Waals surface area contributed by atoms with Crippen LogP contribution in [-0.4, -0.2) is 46.2 Å². The summed E-state index contributed by atoms with van der Waals surface area (Å²) in [6.45, 7) is 3.54. The Morgan fingerprint density at radius 2 is 1.41 bits per heavy atom. The van der Waals surface area contributed by atoms with Crippen molar-refractivity contribution in [2.24, 2.45) is 0 Å². The molecule has 0 saturated carbocycles. The van der Waals surface area contributed by atoms with Crippen LogP contribution in [0.1, 0.15) is 0 Å². The zero-order valence-electron chi connectivity index (χ0n) is 15.9. The van der Waals surface area contributed by atoms with Crippen LogP contribution in [0.25, 0.3) is 22.3 Å². The average molecular weight is 383 g/mol. The molecule has 1 aliphatic rings. The van der Waals surface area contributed by atoms with Gasteiger partial charge in [0.25, 0.3) is 0 Å².